The van der Waals surface area contributed by atoms with Crippen molar-refractivity contribution in [1.82, 2.24) is 4.98 Å². The van der Waals surface area contributed by atoms with Gasteiger partial charge >= 0.3 is 0 Å². The van der Waals surface area contributed by atoms with Crippen LogP contribution in [-0.4, -0.2) is 4.98 Å². The smallest absolute Gasteiger partial charge is 0.110 e. The van der Waals surface area contributed by atoms with E-state index >= 15 is 0 Å². The first-order valence-electron chi connectivity index (χ1n) is 3.61. The van der Waals surface area contributed by atoms with Crippen LogP contribution in [0.15, 0.2) is 22.9 Å². The van der Waals surface area contributed by atoms with Crippen LogP contribution >= 0.6 is 28.3 Å². The summed E-state index contributed by atoms with van der Waals surface area (Å²) in [6.45, 7) is 2.06. The van der Waals surface area contributed by atoms with E-state index in [1.165, 1.54) is 0 Å². The molecule has 68 valence electrons. The molecule has 0 aromatic carbocycles. The molecule has 0 radical (unpaired) electrons. The van der Waals surface area contributed by atoms with Gasteiger partial charge in [0.2, 0.25) is 0 Å². The fraction of sp³-hybridized carbons (Fsp3) is 0.375. The summed E-state index contributed by atoms with van der Waals surface area (Å²) in [5.74, 6) is 0. The third-order valence-corrected chi connectivity index (χ3v) is 2.29. The Morgan fingerprint density at radius 1 is 1.67 bits per heavy atom. The molecule has 0 fully saturated rings. The number of halogens is 2. The zero-order valence-corrected chi connectivity index (χ0v) is 9.23. The summed E-state index contributed by atoms with van der Waals surface area (Å²) in [6, 6.07) is 3.99. The summed E-state index contributed by atoms with van der Waals surface area (Å²) in [7, 11) is 0. The molecule has 12 heavy (non-hydrogen) atoms. The summed E-state index contributed by atoms with van der Waals surface area (Å²) >= 11 is 3.35. The van der Waals surface area contributed by atoms with Gasteiger partial charge in [0.1, 0.15) is 4.60 Å². The van der Waals surface area contributed by atoms with E-state index in [1.807, 2.05) is 12.1 Å². The molecule has 0 saturated heterocycles. The maximum atomic E-state index is 5.83. The van der Waals surface area contributed by atoms with Crippen molar-refractivity contribution >= 4 is 28.3 Å². The highest BCUT2D eigenvalue weighted by Gasteiger charge is 2.06. The Balaban J connectivity index is 0.00000121. The number of hydrogen-bond acceptors (Lipinski definition) is 2. The second-order valence-electron chi connectivity index (χ2n) is 2.40. The Morgan fingerprint density at radius 3 is 2.83 bits per heavy atom. The van der Waals surface area contributed by atoms with Crippen molar-refractivity contribution in [2.75, 3.05) is 0 Å². The molecule has 0 aliphatic carbocycles. The van der Waals surface area contributed by atoms with Crippen molar-refractivity contribution in [3.8, 4) is 0 Å². The van der Waals surface area contributed by atoms with Gasteiger partial charge < -0.3 is 5.73 Å². The first kappa shape index (κ1) is 11.9. The normalized spacial score (nSPS) is 11.9. The van der Waals surface area contributed by atoms with Gasteiger partial charge in [-0.3, -0.25) is 0 Å². The summed E-state index contributed by atoms with van der Waals surface area (Å²) in [5, 5.41) is 0. The molecule has 2 nitrogen and oxygen atoms in total. The van der Waals surface area contributed by atoms with Crippen LogP contribution < -0.4 is 5.73 Å². The third kappa shape index (κ3) is 2.73. The van der Waals surface area contributed by atoms with Crippen LogP contribution in [0.2, 0.25) is 0 Å². The van der Waals surface area contributed by atoms with Gasteiger partial charge in [0.05, 0.1) is 0 Å². The SMILES string of the molecule is CC[C@H](N)c1cccnc1Br.Cl. The Bertz CT molecular complexity index is 242. The molecule has 0 saturated carbocycles. The van der Waals surface area contributed by atoms with Crippen LogP contribution in [0.5, 0.6) is 0 Å². The summed E-state index contributed by atoms with van der Waals surface area (Å²) in [5.41, 5.74) is 6.90. The standard InChI is InChI=1S/C8H11BrN2.ClH/c1-2-7(10)6-4-3-5-11-8(6)9;/h3-5,7H,2,10H2,1H3;1H/t7-;/m0./s1. The predicted octanol–water partition coefficient (Wildman–Crippen LogP) is 2.68. The number of aromatic nitrogens is 1. The molecule has 0 aliphatic heterocycles. The van der Waals surface area contributed by atoms with Crippen molar-refractivity contribution in [2.24, 2.45) is 5.73 Å². The van der Waals surface area contributed by atoms with E-state index in [0.717, 1.165) is 16.6 Å². The maximum absolute atomic E-state index is 5.83. The van der Waals surface area contributed by atoms with Gasteiger partial charge in [-0.1, -0.05) is 13.0 Å². The molecule has 1 aromatic rings. The molecular weight excluding hydrogens is 239 g/mol. The van der Waals surface area contributed by atoms with E-state index in [0.29, 0.717) is 0 Å². The molecule has 2 N–H and O–H groups in total. The van der Waals surface area contributed by atoms with Crippen molar-refractivity contribution in [1.29, 1.82) is 0 Å². The quantitative estimate of drug-likeness (QED) is 0.821. The van der Waals surface area contributed by atoms with Gasteiger partial charge in [-0.2, -0.15) is 0 Å². The predicted molar refractivity (Wildman–Crippen MR) is 56.4 cm³/mol. The van der Waals surface area contributed by atoms with E-state index in [2.05, 4.69) is 27.8 Å². The zero-order valence-electron chi connectivity index (χ0n) is 6.83. The number of nitrogens with two attached hydrogens (primary N) is 1. The minimum absolute atomic E-state index is 0. The molecule has 0 unspecified atom stereocenters. The van der Waals surface area contributed by atoms with Gasteiger partial charge in [0.15, 0.2) is 0 Å². The van der Waals surface area contributed by atoms with Crippen molar-refractivity contribution < 1.29 is 0 Å². The maximum Gasteiger partial charge on any atom is 0.110 e. The minimum atomic E-state index is 0. The number of pyridine rings is 1. The first-order valence-corrected chi connectivity index (χ1v) is 4.41. The molecule has 0 bridgehead atoms. The highest BCUT2D eigenvalue weighted by molar-refractivity contribution is 9.10. The van der Waals surface area contributed by atoms with Gasteiger partial charge in [0, 0.05) is 17.8 Å². The van der Waals surface area contributed by atoms with E-state index in [-0.39, 0.29) is 18.4 Å². The van der Waals surface area contributed by atoms with Crippen LogP contribution in [0, 0.1) is 0 Å². The van der Waals surface area contributed by atoms with Crippen LogP contribution in [0.1, 0.15) is 24.9 Å². The molecule has 1 rings (SSSR count). The zero-order chi connectivity index (χ0) is 8.27. The van der Waals surface area contributed by atoms with Crippen LogP contribution in [0.3, 0.4) is 0 Å². The summed E-state index contributed by atoms with van der Waals surface area (Å²) in [6.07, 6.45) is 2.68. The van der Waals surface area contributed by atoms with Crippen molar-refractivity contribution in [3.05, 3.63) is 28.5 Å². The van der Waals surface area contributed by atoms with Gasteiger partial charge in [-0.25, -0.2) is 4.98 Å². The molecule has 0 spiro atoms. The highest BCUT2D eigenvalue weighted by Crippen LogP contribution is 2.20. The fourth-order valence-corrected chi connectivity index (χ4v) is 1.44. The summed E-state index contributed by atoms with van der Waals surface area (Å²) < 4.78 is 0.856. The Labute approximate surface area is 87.1 Å². The lowest BCUT2D eigenvalue weighted by atomic mass is 10.1. The number of nitrogens with zero attached hydrogens (tertiary/aromatic N) is 1. The second-order valence-corrected chi connectivity index (χ2v) is 3.15. The Hall–Kier alpha value is -0.120. The highest BCUT2D eigenvalue weighted by atomic mass is 79.9. The van der Waals surface area contributed by atoms with Crippen LogP contribution in [-0.2, 0) is 0 Å². The van der Waals surface area contributed by atoms with Crippen molar-refractivity contribution in [3.63, 3.8) is 0 Å². The largest absolute Gasteiger partial charge is 0.324 e. The molecule has 0 amide bonds. The minimum Gasteiger partial charge on any atom is -0.324 e. The monoisotopic (exact) mass is 250 g/mol. The average Bonchev–Trinajstić information content (AvgIpc) is 2.04. The average molecular weight is 252 g/mol. The molecule has 1 heterocycles. The first-order chi connectivity index (χ1) is 5.25. The van der Waals surface area contributed by atoms with E-state index in [4.69, 9.17) is 5.73 Å². The Morgan fingerprint density at radius 2 is 2.33 bits per heavy atom. The van der Waals surface area contributed by atoms with Gasteiger partial charge in [-0.05, 0) is 28.4 Å². The molecule has 1 aromatic heterocycles. The van der Waals surface area contributed by atoms with Crippen LogP contribution in [0.25, 0.3) is 0 Å². The topological polar surface area (TPSA) is 38.9 Å². The van der Waals surface area contributed by atoms with E-state index in [9.17, 15) is 0 Å². The summed E-state index contributed by atoms with van der Waals surface area (Å²) in [4.78, 5) is 4.08. The fourth-order valence-electron chi connectivity index (χ4n) is 0.895. The molecule has 1 atom stereocenters. The number of rotatable bonds is 2. The molecular formula is C8H12BrClN2. The van der Waals surface area contributed by atoms with Crippen molar-refractivity contribution in [2.45, 2.75) is 19.4 Å². The molecule has 0 aliphatic rings. The lowest BCUT2D eigenvalue weighted by Crippen LogP contribution is -2.09. The van der Waals surface area contributed by atoms with Crippen LogP contribution in [0.4, 0.5) is 0 Å². The van der Waals surface area contributed by atoms with Gasteiger partial charge in [0.25, 0.3) is 0 Å². The number of hydrogen-bond donors (Lipinski definition) is 1. The lowest BCUT2D eigenvalue weighted by Gasteiger charge is -2.09. The second kappa shape index (κ2) is 5.51. The Kier molecular flexibility index (Phi) is 5.46. The van der Waals surface area contributed by atoms with Gasteiger partial charge in [-0.15, -0.1) is 12.4 Å². The lowest BCUT2D eigenvalue weighted by molar-refractivity contribution is 0.691. The van der Waals surface area contributed by atoms with E-state index in [1.54, 1.807) is 6.20 Å². The third-order valence-electron chi connectivity index (χ3n) is 1.63. The molecule has 4 heteroatoms. The van der Waals surface area contributed by atoms with E-state index < -0.39 is 0 Å².